The van der Waals surface area contributed by atoms with E-state index >= 15 is 0 Å². The van der Waals surface area contributed by atoms with Gasteiger partial charge in [-0.25, -0.2) is 9.97 Å². The maximum atomic E-state index is 13.7. The fraction of sp³-hybridized carbons (Fsp3) is 0.345. The van der Waals surface area contributed by atoms with Gasteiger partial charge in [0.25, 0.3) is 0 Å². The van der Waals surface area contributed by atoms with Crippen molar-refractivity contribution in [3.63, 3.8) is 0 Å². The minimum absolute atomic E-state index is 0.0299. The van der Waals surface area contributed by atoms with Crippen LogP contribution in [0.3, 0.4) is 0 Å². The largest absolute Gasteiger partial charge is 0.481 e. The highest BCUT2D eigenvalue weighted by atomic mass is 35.5. The SMILES string of the molecule is CC(C)(Cc1cccc([C@@]2(C)C(=O)Nc3nc(-c4nn(CCC(F)(F)C(F)(F)F)c5cc(Cl)ccc45)nc(N)c32)c1)C(=O)O. The predicted octanol–water partition coefficient (Wildman–Crippen LogP) is 6.23. The fourth-order valence-electron chi connectivity index (χ4n) is 5.24. The Hall–Kier alpha value is -4.33. The summed E-state index contributed by atoms with van der Waals surface area (Å²) >= 11 is 6.08. The Morgan fingerprint density at radius 1 is 1.11 bits per heavy atom. The quantitative estimate of drug-likeness (QED) is 0.195. The minimum Gasteiger partial charge on any atom is -0.481 e. The van der Waals surface area contributed by atoms with E-state index in [1.807, 2.05) is 0 Å². The summed E-state index contributed by atoms with van der Waals surface area (Å²) < 4.78 is 66.8. The molecular formula is C29H26ClF5N6O3. The van der Waals surface area contributed by atoms with Crippen LogP contribution in [0.5, 0.6) is 0 Å². The predicted molar refractivity (Wildman–Crippen MR) is 152 cm³/mol. The number of alkyl halides is 5. The Bertz CT molecular complexity index is 1820. The van der Waals surface area contributed by atoms with Gasteiger partial charge < -0.3 is 16.2 Å². The number of hydrogen-bond donors (Lipinski definition) is 3. The topological polar surface area (TPSA) is 136 Å². The third kappa shape index (κ3) is 5.20. The first-order valence-corrected chi connectivity index (χ1v) is 13.7. The average Bonchev–Trinajstić information content (AvgIpc) is 3.41. The van der Waals surface area contributed by atoms with Gasteiger partial charge in [-0.1, -0.05) is 35.9 Å². The minimum atomic E-state index is -5.73. The number of rotatable bonds is 8. The Labute approximate surface area is 252 Å². The zero-order valence-electron chi connectivity index (χ0n) is 23.6. The lowest BCUT2D eigenvalue weighted by atomic mass is 9.76. The highest BCUT2D eigenvalue weighted by Crippen LogP contribution is 2.46. The highest BCUT2D eigenvalue weighted by molar-refractivity contribution is 6.31. The molecule has 4 N–H and O–H groups in total. The first-order valence-electron chi connectivity index (χ1n) is 13.3. The van der Waals surface area contributed by atoms with Crippen LogP contribution in [-0.4, -0.2) is 48.8 Å². The van der Waals surface area contributed by atoms with Crippen LogP contribution in [0.25, 0.3) is 22.4 Å². The maximum absolute atomic E-state index is 13.7. The normalized spacial score (nSPS) is 17.2. The van der Waals surface area contributed by atoms with Gasteiger partial charge in [-0.3, -0.25) is 14.3 Å². The Kier molecular flexibility index (Phi) is 7.35. The number of carboxylic acids is 1. The number of carbonyl (C=O) groups is 2. The lowest BCUT2D eigenvalue weighted by molar-refractivity contribution is -0.285. The summed E-state index contributed by atoms with van der Waals surface area (Å²) in [7, 11) is 0. The number of aryl methyl sites for hydroxylation is 1. The second-order valence-corrected chi connectivity index (χ2v) is 11.9. The maximum Gasteiger partial charge on any atom is 0.453 e. The molecule has 0 radical (unpaired) electrons. The van der Waals surface area contributed by atoms with Crippen molar-refractivity contribution >= 4 is 46.0 Å². The molecule has 0 saturated heterocycles. The average molecular weight is 637 g/mol. The molecule has 15 heteroatoms. The molecule has 9 nitrogen and oxygen atoms in total. The number of anilines is 2. The number of nitrogens with zero attached hydrogens (tertiary/aromatic N) is 4. The molecule has 0 aliphatic carbocycles. The van der Waals surface area contributed by atoms with Gasteiger partial charge in [-0.2, -0.15) is 27.1 Å². The summed E-state index contributed by atoms with van der Waals surface area (Å²) in [6.45, 7) is 4.01. The summed E-state index contributed by atoms with van der Waals surface area (Å²) in [5.41, 5.74) is 5.64. The number of nitrogens with two attached hydrogens (primary N) is 1. The number of benzene rings is 2. The standard InChI is InChI=1S/C29H26ClF5N6O3/c1-26(2,25(43)44)13-14-5-4-6-15(11-14)27(3)19-21(36)37-23(38-22(19)39-24(27)42)20-17-8-7-16(30)12-18(17)41(40-20)10-9-28(31,32)29(33,34)35/h4-8,11-12H,9-10,13H2,1-3H3,(H,43,44)(H3,36,37,38,39,42)/t27-/m1/s1. The van der Waals surface area contributed by atoms with Crippen LogP contribution in [0, 0.1) is 5.41 Å². The Morgan fingerprint density at radius 3 is 2.48 bits per heavy atom. The summed E-state index contributed by atoms with van der Waals surface area (Å²) in [5, 5.41) is 17.0. The number of nitrogens with one attached hydrogen (secondary N) is 1. The van der Waals surface area contributed by atoms with Crippen molar-refractivity contribution < 1.29 is 36.6 Å². The highest BCUT2D eigenvalue weighted by Gasteiger charge is 2.57. The van der Waals surface area contributed by atoms with E-state index in [1.165, 1.54) is 18.2 Å². The van der Waals surface area contributed by atoms with Gasteiger partial charge in [-0.05, 0) is 56.5 Å². The van der Waals surface area contributed by atoms with Gasteiger partial charge in [0.15, 0.2) is 5.82 Å². The van der Waals surface area contributed by atoms with Crippen LogP contribution in [0.4, 0.5) is 33.6 Å². The van der Waals surface area contributed by atoms with Crippen LogP contribution in [0.15, 0.2) is 42.5 Å². The van der Waals surface area contributed by atoms with Gasteiger partial charge >= 0.3 is 18.1 Å². The summed E-state index contributed by atoms with van der Waals surface area (Å²) in [6, 6.07) is 11.2. The van der Waals surface area contributed by atoms with Crippen LogP contribution in [0.1, 0.15) is 43.9 Å². The molecule has 232 valence electrons. The molecule has 1 aliphatic rings. The van der Waals surface area contributed by atoms with E-state index in [9.17, 15) is 36.6 Å². The lowest BCUT2D eigenvalue weighted by Gasteiger charge is -2.25. The first kappa shape index (κ1) is 31.1. The van der Waals surface area contributed by atoms with Crippen molar-refractivity contribution in [2.24, 2.45) is 5.41 Å². The zero-order valence-corrected chi connectivity index (χ0v) is 24.3. The number of aromatic nitrogens is 4. The smallest absolute Gasteiger partial charge is 0.453 e. The Morgan fingerprint density at radius 2 is 1.82 bits per heavy atom. The number of hydrogen-bond acceptors (Lipinski definition) is 6. The van der Waals surface area contributed by atoms with E-state index in [0.717, 1.165) is 4.68 Å². The second-order valence-electron chi connectivity index (χ2n) is 11.5. The number of carbonyl (C=O) groups excluding carboxylic acids is 1. The van der Waals surface area contributed by atoms with Crippen molar-refractivity contribution in [3.05, 3.63) is 64.2 Å². The molecule has 0 saturated carbocycles. The number of fused-ring (bicyclic) bond motifs is 2. The number of halogens is 6. The monoisotopic (exact) mass is 636 g/mol. The van der Waals surface area contributed by atoms with E-state index < -0.39 is 47.8 Å². The zero-order chi connectivity index (χ0) is 32.4. The van der Waals surface area contributed by atoms with Crippen molar-refractivity contribution in [2.75, 3.05) is 11.1 Å². The number of amides is 1. The molecule has 3 heterocycles. The van der Waals surface area contributed by atoms with E-state index in [0.29, 0.717) is 16.5 Å². The van der Waals surface area contributed by atoms with Gasteiger partial charge in [0.1, 0.15) is 22.7 Å². The van der Waals surface area contributed by atoms with Crippen LogP contribution in [0.2, 0.25) is 5.02 Å². The second kappa shape index (κ2) is 10.4. The Balaban J connectivity index is 1.56. The molecule has 2 aromatic carbocycles. The van der Waals surface area contributed by atoms with Crippen molar-refractivity contribution in [2.45, 2.75) is 57.7 Å². The number of aliphatic carboxylic acids is 1. The van der Waals surface area contributed by atoms with Crippen LogP contribution in [-0.2, 0) is 28.0 Å². The van der Waals surface area contributed by atoms with Gasteiger partial charge in [0.2, 0.25) is 5.91 Å². The molecule has 2 aromatic heterocycles. The third-order valence-electron chi connectivity index (χ3n) is 7.83. The summed E-state index contributed by atoms with van der Waals surface area (Å²) in [6.07, 6.45) is -7.10. The molecule has 1 atom stereocenters. The summed E-state index contributed by atoms with van der Waals surface area (Å²) in [4.78, 5) is 33.9. The summed E-state index contributed by atoms with van der Waals surface area (Å²) in [5.74, 6) is -6.53. The molecule has 1 aliphatic heterocycles. The van der Waals surface area contributed by atoms with Gasteiger partial charge in [0, 0.05) is 23.4 Å². The molecule has 4 aromatic rings. The fourth-order valence-corrected chi connectivity index (χ4v) is 5.40. The van der Waals surface area contributed by atoms with E-state index in [4.69, 9.17) is 17.3 Å². The molecule has 0 spiro atoms. The molecule has 0 unspecified atom stereocenters. The molecule has 0 bridgehead atoms. The number of carboxylic acid groups (broad SMARTS) is 1. The van der Waals surface area contributed by atoms with Crippen molar-refractivity contribution in [1.29, 1.82) is 0 Å². The van der Waals surface area contributed by atoms with Crippen molar-refractivity contribution in [1.82, 2.24) is 19.7 Å². The lowest BCUT2D eigenvalue weighted by Crippen LogP contribution is -2.37. The first-order chi connectivity index (χ1) is 20.3. The van der Waals surface area contributed by atoms with Gasteiger partial charge in [0.05, 0.1) is 16.5 Å². The van der Waals surface area contributed by atoms with Crippen LogP contribution >= 0.6 is 11.6 Å². The molecule has 44 heavy (non-hydrogen) atoms. The van der Waals surface area contributed by atoms with E-state index in [2.05, 4.69) is 20.4 Å². The van der Waals surface area contributed by atoms with E-state index in [-0.39, 0.29) is 45.7 Å². The molecule has 5 rings (SSSR count). The number of nitrogen functional groups attached to an aromatic ring is 1. The van der Waals surface area contributed by atoms with Crippen molar-refractivity contribution in [3.8, 4) is 11.5 Å². The molecule has 0 fully saturated rings. The molecule has 1 amide bonds. The van der Waals surface area contributed by atoms with E-state index in [1.54, 1.807) is 45.0 Å². The molecular weight excluding hydrogens is 611 g/mol. The third-order valence-corrected chi connectivity index (χ3v) is 8.07. The van der Waals surface area contributed by atoms with Gasteiger partial charge in [-0.15, -0.1) is 0 Å². The van der Waals surface area contributed by atoms with Crippen LogP contribution < -0.4 is 11.1 Å².